The van der Waals surface area contributed by atoms with Gasteiger partial charge in [-0.2, -0.15) is 0 Å². The number of hydrogen-bond donors (Lipinski definition) is 1. The number of likely N-dealkylation sites (N-methyl/N-ethyl adjacent to an activating group) is 1. The summed E-state index contributed by atoms with van der Waals surface area (Å²) in [5, 5.41) is 0.394. The highest BCUT2D eigenvalue weighted by atomic mass is 16.5. The summed E-state index contributed by atoms with van der Waals surface area (Å²) in [6, 6.07) is 4.60. The molecule has 0 unspecified atom stereocenters. The van der Waals surface area contributed by atoms with E-state index in [1.54, 1.807) is 35.0 Å². The molecule has 1 aliphatic rings. The molecule has 1 saturated heterocycles. The molecular weight excluding hydrogens is 346 g/mol. The van der Waals surface area contributed by atoms with Crippen LogP contribution in [-0.4, -0.2) is 59.9 Å². The molecule has 1 atom stereocenters. The van der Waals surface area contributed by atoms with Gasteiger partial charge in [-0.25, -0.2) is 0 Å². The fourth-order valence-corrected chi connectivity index (χ4v) is 3.47. The Hall–Kier alpha value is -2.83. The first kappa shape index (κ1) is 18.9. The molecule has 1 N–H and O–H groups in total. The summed E-state index contributed by atoms with van der Waals surface area (Å²) in [5.41, 5.74) is 0.331. The molecule has 1 aromatic heterocycles. The quantitative estimate of drug-likeness (QED) is 0.872. The number of benzene rings is 1. The minimum absolute atomic E-state index is 0.0506. The summed E-state index contributed by atoms with van der Waals surface area (Å²) >= 11 is 0. The summed E-state index contributed by atoms with van der Waals surface area (Å²) in [7, 11) is 3.27. The van der Waals surface area contributed by atoms with E-state index >= 15 is 0 Å². The number of fused-ring (bicyclic) bond motifs is 1. The number of rotatable bonds is 5. The number of aromatic amines is 1. The lowest BCUT2D eigenvalue weighted by Gasteiger charge is -2.39. The third kappa shape index (κ3) is 3.54. The van der Waals surface area contributed by atoms with Gasteiger partial charge in [-0.15, -0.1) is 0 Å². The van der Waals surface area contributed by atoms with E-state index in [1.165, 1.54) is 13.3 Å². The number of ether oxygens (including phenoxy) is 1. The lowest BCUT2D eigenvalue weighted by molar-refractivity contribution is -0.138. The molecule has 0 aliphatic carbocycles. The molecule has 3 rings (SSSR count). The van der Waals surface area contributed by atoms with Crippen LogP contribution in [-0.2, 0) is 4.79 Å². The Balaban J connectivity index is 1.99. The van der Waals surface area contributed by atoms with Crippen molar-refractivity contribution in [2.75, 3.05) is 27.2 Å². The second kappa shape index (κ2) is 7.82. The van der Waals surface area contributed by atoms with E-state index in [4.69, 9.17) is 4.74 Å². The summed E-state index contributed by atoms with van der Waals surface area (Å²) in [6.07, 6.45) is 3.83. The van der Waals surface area contributed by atoms with Gasteiger partial charge < -0.3 is 19.5 Å². The number of pyridine rings is 1. The van der Waals surface area contributed by atoms with Crippen LogP contribution in [0.5, 0.6) is 5.75 Å². The van der Waals surface area contributed by atoms with Crippen molar-refractivity contribution >= 4 is 22.7 Å². The number of carbonyl (C=O) groups is 2. The van der Waals surface area contributed by atoms with Crippen LogP contribution in [0.2, 0.25) is 0 Å². The number of carbonyl (C=O) groups excluding carboxylic acids is 2. The highest BCUT2D eigenvalue weighted by Crippen LogP contribution is 2.20. The maximum atomic E-state index is 13.1. The van der Waals surface area contributed by atoms with Crippen molar-refractivity contribution in [2.45, 2.75) is 32.2 Å². The van der Waals surface area contributed by atoms with Crippen molar-refractivity contribution < 1.29 is 14.3 Å². The van der Waals surface area contributed by atoms with Crippen molar-refractivity contribution in [1.29, 1.82) is 0 Å². The number of nitrogens with zero attached hydrogens (tertiary/aromatic N) is 2. The van der Waals surface area contributed by atoms with E-state index in [1.807, 2.05) is 6.92 Å². The fraction of sp³-hybridized carbons (Fsp3) is 0.450. The van der Waals surface area contributed by atoms with Crippen molar-refractivity contribution in [3.8, 4) is 5.75 Å². The molecule has 0 bridgehead atoms. The number of aromatic nitrogens is 1. The largest absolute Gasteiger partial charge is 0.497 e. The normalized spacial score (nSPS) is 17.4. The fourth-order valence-electron chi connectivity index (χ4n) is 3.47. The van der Waals surface area contributed by atoms with E-state index in [2.05, 4.69) is 4.98 Å². The Morgan fingerprint density at radius 3 is 2.78 bits per heavy atom. The third-order valence-corrected chi connectivity index (χ3v) is 5.12. The van der Waals surface area contributed by atoms with Gasteiger partial charge >= 0.3 is 0 Å². The van der Waals surface area contributed by atoms with Crippen LogP contribution in [0.15, 0.2) is 29.2 Å². The Morgan fingerprint density at radius 1 is 1.30 bits per heavy atom. The number of unbranched alkanes of at least 4 members (excludes halogenated alkanes) is 1. The van der Waals surface area contributed by atoms with E-state index in [-0.39, 0.29) is 16.9 Å². The van der Waals surface area contributed by atoms with Gasteiger partial charge in [0.25, 0.3) is 5.91 Å². The molecule has 1 aliphatic heterocycles. The topological polar surface area (TPSA) is 82.7 Å². The molecule has 144 valence electrons. The Morgan fingerprint density at radius 2 is 2.07 bits per heavy atom. The molecule has 1 fully saturated rings. The number of piperazine rings is 1. The maximum Gasteiger partial charge on any atom is 0.260 e. The van der Waals surface area contributed by atoms with Crippen LogP contribution >= 0.6 is 0 Å². The van der Waals surface area contributed by atoms with Gasteiger partial charge in [-0.1, -0.05) is 19.8 Å². The molecule has 2 aromatic rings. The number of hydrogen-bond acceptors (Lipinski definition) is 4. The smallest absolute Gasteiger partial charge is 0.260 e. The Labute approximate surface area is 157 Å². The minimum Gasteiger partial charge on any atom is -0.497 e. The van der Waals surface area contributed by atoms with Crippen LogP contribution in [0, 0.1) is 0 Å². The predicted molar refractivity (Wildman–Crippen MR) is 103 cm³/mol. The molecule has 27 heavy (non-hydrogen) atoms. The van der Waals surface area contributed by atoms with Crippen LogP contribution < -0.4 is 10.2 Å². The second-order valence-electron chi connectivity index (χ2n) is 6.86. The van der Waals surface area contributed by atoms with Crippen LogP contribution in [0.25, 0.3) is 10.9 Å². The summed E-state index contributed by atoms with van der Waals surface area (Å²) in [6.45, 7) is 2.93. The van der Waals surface area contributed by atoms with Crippen molar-refractivity contribution in [2.24, 2.45) is 0 Å². The SMILES string of the molecule is CCCC[C@H]1C(=O)N(C)CCN1C(=O)c1c[nH]c2ccc(OC)cc2c1=O. The van der Waals surface area contributed by atoms with Crippen LogP contribution in [0.1, 0.15) is 36.5 Å². The average molecular weight is 371 g/mol. The Bertz CT molecular complexity index is 921. The first-order valence-corrected chi connectivity index (χ1v) is 9.23. The molecule has 7 heteroatoms. The van der Waals surface area contributed by atoms with Crippen molar-refractivity contribution in [1.82, 2.24) is 14.8 Å². The molecule has 0 saturated carbocycles. The number of H-pyrrole nitrogens is 1. The highest BCUT2D eigenvalue weighted by molar-refractivity contribution is 6.00. The molecule has 1 aromatic carbocycles. The van der Waals surface area contributed by atoms with Gasteiger partial charge in [0.2, 0.25) is 11.3 Å². The zero-order valence-corrected chi connectivity index (χ0v) is 15.9. The van der Waals surface area contributed by atoms with E-state index < -0.39 is 11.9 Å². The number of amides is 2. The zero-order chi connectivity index (χ0) is 19.6. The summed E-state index contributed by atoms with van der Waals surface area (Å²) in [5.74, 6) is 0.0821. The van der Waals surface area contributed by atoms with E-state index in [9.17, 15) is 14.4 Å². The van der Waals surface area contributed by atoms with Crippen molar-refractivity contribution in [3.63, 3.8) is 0 Å². The van der Waals surface area contributed by atoms with Gasteiger partial charge in [-0.05, 0) is 24.6 Å². The Kier molecular flexibility index (Phi) is 5.48. The van der Waals surface area contributed by atoms with Gasteiger partial charge in [0.15, 0.2) is 0 Å². The summed E-state index contributed by atoms with van der Waals surface area (Å²) < 4.78 is 5.18. The van der Waals surface area contributed by atoms with Crippen LogP contribution in [0.4, 0.5) is 0 Å². The van der Waals surface area contributed by atoms with Crippen molar-refractivity contribution in [3.05, 3.63) is 40.2 Å². The van der Waals surface area contributed by atoms with Crippen LogP contribution in [0.3, 0.4) is 0 Å². The summed E-state index contributed by atoms with van der Waals surface area (Å²) in [4.78, 5) is 44.9. The third-order valence-electron chi connectivity index (χ3n) is 5.12. The first-order chi connectivity index (χ1) is 13.0. The number of methoxy groups -OCH3 is 1. The molecule has 0 radical (unpaired) electrons. The maximum absolute atomic E-state index is 13.1. The monoisotopic (exact) mass is 371 g/mol. The molecule has 2 heterocycles. The lowest BCUT2D eigenvalue weighted by Crippen LogP contribution is -2.58. The van der Waals surface area contributed by atoms with Gasteiger partial charge in [0, 0.05) is 37.2 Å². The molecule has 2 amide bonds. The molecule has 0 spiro atoms. The second-order valence-corrected chi connectivity index (χ2v) is 6.86. The van der Waals surface area contributed by atoms with E-state index in [0.29, 0.717) is 36.2 Å². The highest BCUT2D eigenvalue weighted by Gasteiger charge is 2.36. The van der Waals surface area contributed by atoms with Gasteiger partial charge in [0.05, 0.1) is 7.11 Å². The standard InChI is InChI=1S/C20H25N3O4/c1-4-5-6-17-20(26)22(2)9-10-23(17)19(25)15-12-21-16-8-7-13(27-3)11-14(16)18(15)24/h7-8,11-12,17H,4-6,9-10H2,1-3H3,(H,21,24)/t17-/m0/s1. The first-order valence-electron chi connectivity index (χ1n) is 9.23. The lowest BCUT2D eigenvalue weighted by atomic mass is 10.0. The number of nitrogens with one attached hydrogen (secondary N) is 1. The average Bonchev–Trinajstić information content (AvgIpc) is 2.68. The van der Waals surface area contributed by atoms with Gasteiger partial charge in [0.1, 0.15) is 17.4 Å². The molecule has 7 nitrogen and oxygen atoms in total. The minimum atomic E-state index is -0.517. The zero-order valence-electron chi connectivity index (χ0n) is 15.9. The molecular formula is C20H25N3O4. The van der Waals surface area contributed by atoms with Gasteiger partial charge in [-0.3, -0.25) is 14.4 Å². The van der Waals surface area contributed by atoms with E-state index in [0.717, 1.165) is 12.8 Å². The predicted octanol–water partition coefficient (Wildman–Crippen LogP) is 2.01.